The number of hydrogen-bond donors (Lipinski definition) is 1. The summed E-state index contributed by atoms with van der Waals surface area (Å²) in [7, 11) is 1.71. The summed E-state index contributed by atoms with van der Waals surface area (Å²) in [5.74, 6) is -0.126. The van der Waals surface area contributed by atoms with Crippen LogP contribution >= 0.6 is 0 Å². The Balaban J connectivity index is 2.19. The summed E-state index contributed by atoms with van der Waals surface area (Å²) in [6, 6.07) is 5.37. The van der Waals surface area contributed by atoms with Crippen LogP contribution in [0.2, 0.25) is 0 Å². The average molecular weight is 225 g/mol. The van der Waals surface area contributed by atoms with E-state index in [0.29, 0.717) is 5.56 Å². The highest BCUT2D eigenvalue weighted by atomic mass is 19.1. The molecule has 0 aliphatic carbocycles. The first kappa shape index (κ1) is 13.1. The molecule has 1 aromatic rings. The van der Waals surface area contributed by atoms with E-state index < -0.39 is 0 Å². The molecule has 3 heteroatoms. The van der Waals surface area contributed by atoms with Crippen LogP contribution in [0.3, 0.4) is 0 Å². The summed E-state index contributed by atoms with van der Waals surface area (Å²) in [5, 5.41) is 3.29. The first-order valence-corrected chi connectivity index (χ1v) is 5.68. The van der Waals surface area contributed by atoms with Crippen molar-refractivity contribution in [3.63, 3.8) is 0 Å². The fourth-order valence-electron chi connectivity index (χ4n) is 1.48. The van der Waals surface area contributed by atoms with Gasteiger partial charge in [-0.1, -0.05) is 12.1 Å². The zero-order valence-corrected chi connectivity index (χ0v) is 10.1. The smallest absolute Gasteiger partial charge is 0.126 e. The predicted octanol–water partition coefficient (Wildman–Crippen LogP) is 2.65. The maximum atomic E-state index is 13.2. The summed E-state index contributed by atoms with van der Waals surface area (Å²) in [6.45, 7) is 4.25. The van der Waals surface area contributed by atoms with Crippen LogP contribution in [0.4, 0.5) is 4.39 Å². The number of halogens is 1. The molecule has 0 atom stereocenters. The summed E-state index contributed by atoms with van der Waals surface area (Å²) in [5.41, 5.74) is 1.69. The van der Waals surface area contributed by atoms with Gasteiger partial charge in [0.25, 0.3) is 0 Å². The third-order valence-corrected chi connectivity index (χ3v) is 2.52. The van der Waals surface area contributed by atoms with Crippen LogP contribution in [0.5, 0.6) is 0 Å². The normalized spacial score (nSPS) is 10.7. The van der Waals surface area contributed by atoms with Crippen molar-refractivity contribution in [1.29, 1.82) is 0 Å². The number of methoxy groups -OCH3 is 1. The van der Waals surface area contributed by atoms with Crippen molar-refractivity contribution in [2.45, 2.75) is 26.3 Å². The van der Waals surface area contributed by atoms with Gasteiger partial charge in [0.1, 0.15) is 5.82 Å². The molecule has 90 valence electrons. The van der Waals surface area contributed by atoms with Gasteiger partial charge in [-0.05, 0) is 43.5 Å². The molecular weight excluding hydrogens is 205 g/mol. The van der Waals surface area contributed by atoms with Crippen LogP contribution in [-0.2, 0) is 11.3 Å². The van der Waals surface area contributed by atoms with Gasteiger partial charge in [-0.2, -0.15) is 0 Å². The minimum atomic E-state index is -0.126. The molecule has 0 fully saturated rings. The van der Waals surface area contributed by atoms with Crippen molar-refractivity contribution < 1.29 is 9.13 Å². The molecule has 2 nitrogen and oxygen atoms in total. The fraction of sp³-hybridized carbons (Fsp3) is 0.538. The summed E-state index contributed by atoms with van der Waals surface area (Å²) in [6.07, 6.45) is 2.15. The highest BCUT2D eigenvalue weighted by Crippen LogP contribution is 2.08. The van der Waals surface area contributed by atoms with Crippen LogP contribution in [-0.4, -0.2) is 20.3 Å². The van der Waals surface area contributed by atoms with E-state index in [1.807, 2.05) is 12.1 Å². The lowest BCUT2D eigenvalue weighted by atomic mass is 10.1. The lowest BCUT2D eigenvalue weighted by Gasteiger charge is -2.05. The van der Waals surface area contributed by atoms with Gasteiger partial charge in [0, 0.05) is 20.3 Å². The summed E-state index contributed by atoms with van der Waals surface area (Å²) in [4.78, 5) is 0. The maximum Gasteiger partial charge on any atom is 0.126 e. The lowest BCUT2D eigenvalue weighted by molar-refractivity contribution is 0.192. The van der Waals surface area contributed by atoms with E-state index in [0.717, 1.165) is 38.1 Å². The van der Waals surface area contributed by atoms with Crippen molar-refractivity contribution in [3.8, 4) is 0 Å². The zero-order valence-electron chi connectivity index (χ0n) is 10.1. The molecule has 0 heterocycles. The Morgan fingerprint density at radius 1 is 1.31 bits per heavy atom. The van der Waals surface area contributed by atoms with E-state index in [1.165, 1.54) is 0 Å². The van der Waals surface area contributed by atoms with E-state index in [4.69, 9.17) is 4.74 Å². The number of unbranched alkanes of at least 4 members (excludes halogenated alkanes) is 1. The second kappa shape index (κ2) is 7.36. The molecule has 1 aromatic carbocycles. The highest BCUT2D eigenvalue weighted by Gasteiger charge is 1.98. The average Bonchev–Trinajstić information content (AvgIpc) is 2.28. The molecule has 0 spiro atoms. The van der Waals surface area contributed by atoms with Crippen LogP contribution in [0.1, 0.15) is 24.0 Å². The Kier molecular flexibility index (Phi) is 6.04. The van der Waals surface area contributed by atoms with Crippen LogP contribution in [0.25, 0.3) is 0 Å². The molecule has 0 saturated carbocycles. The SMILES string of the molecule is COCCCCNCc1ccc(C)c(F)c1. The maximum absolute atomic E-state index is 13.2. The van der Waals surface area contributed by atoms with Gasteiger partial charge in [0.05, 0.1) is 0 Å². The Bertz CT molecular complexity index is 315. The second-order valence-electron chi connectivity index (χ2n) is 3.96. The van der Waals surface area contributed by atoms with E-state index in [1.54, 1.807) is 20.1 Å². The number of hydrogen-bond acceptors (Lipinski definition) is 2. The van der Waals surface area contributed by atoms with Gasteiger partial charge in [0.15, 0.2) is 0 Å². The second-order valence-corrected chi connectivity index (χ2v) is 3.96. The van der Waals surface area contributed by atoms with Crippen molar-refractivity contribution in [2.75, 3.05) is 20.3 Å². The minimum Gasteiger partial charge on any atom is -0.385 e. The number of ether oxygens (including phenoxy) is 1. The molecule has 0 saturated heterocycles. The molecule has 0 radical (unpaired) electrons. The van der Waals surface area contributed by atoms with E-state index in [9.17, 15) is 4.39 Å². The Labute approximate surface area is 96.8 Å². The minimum absolute atomic E-state index is 0.126. The monoisotopic (exact) mass is 225 g/mol. The fourth-order valence-corrected chi connectivity index (χ4v) is 1.48. The Morgan fingerprint density at radius 3 is 2.81 bits per heavy atom. The molecular formula is C13H20FNO. The molecule has 1 rings (SSSR count). The Morgan fingerprint density at radius 2 is 2.12 bits per heavy atom. The molecule has 0 amide bonds. The van der Waals surface area contributed by atoms with Crippen LogP contribution in [0.15, 0.2) is 18.2 Å². The van der Waals surface area contributed by atoms with E-state index in [-0.39, 0.29) is 5.82 Å². The van der Waals surface area contributed by atoms with E-state index in [2.05, 4.69) is 5.32 Å². The van der Waals surface area contributed by atoms with Crippen molar-refractivity contribution in [1.82, 2.24) is 5.32 Å². The molecule has 0 aliphatic heterocycles. The molecule has 1 N–H and O–H groups in total. The lowest BCUT2D eigenvalue weighted by Crippen LogP contribution is -2.15. The number of aryl methyl sites for hydroxylation is 1. The molecule has 16 heavy (non-hydrogen) atoms. The number of benzene rings is 1. The van der Waals surface area contributed by atoms with Crippen LogP contribution < -0.4 is 5.32 Å². The summed E-state index contributed by atoms with van der Waals surface area (Å²) < 4.78 is 18.2. The first-order chi connectivity index (χ1) is 7.74. The van der Waals surface area contributed by atoms with E-state index >= 15 is 0 Å². The topological polar surface area (TPSA) is 21.3 Å². The van der Waals surface area contributed by atoms with Gasteiger partial charge in [-0.3, -0.25) is 0 Å². The van der Waals surface area contributed by atoms with Gasteiger partial charge >= 0.3 is 0 Å². The zero-order chi connectivity index (χ0) is 11.8. The molecule has 0 unspecified atom stereocenters. The number of rotatable bonds is 7. The first-order valence-electron chi connectivity index (χ1n) is 5.68. The molecule has 0 bridgehead atoms. The quantitative estimate of drug-likeness (QED) is 0.720. The highest BCUT2D eigenvalue weighted by molar-refractivity contribution is 5.23. The molecule has 0 aromatic heterocycles. The van der Waals surface area contributed by atoms with Crippen LogP contribution in [0, 0.1) is 12.7 Å². The van der Waals surface area contributed by atoms with Gasteiger partial charge in [-0.15, -0.1) is 0 Å². The third-order valence-electron chi connectivity index (χ3n) is 2.52. The Hall–Kier alpha value is -0.930. The van der Waals surface area contributed by atoms with Crippen molar-refractivity contribution in [2.24, 2.45) is 0 Å². The van der Waals surface area contributed by atoms with Gasteiger partial charge in [0.2, 0.25) is 0 Å². The predicted molar refractivity (Wildman–Crippen MR) is 64.0 cm³/mol. The third kappa shape index (κ3) is 4.73. The standard InChI is InChI=1S/C13H20FNO/c1-11-5-6-12(9-13(11)14)10-15-7-3-4-8-16-2/h5-6,9,15H,3-4,7-8,10H2,1-2H3. The van der Waals surface area contributed by atoms with Gasteiger partial charge < -0.3 is 10.1 Å². The largest absolute Gasteiger partial charge is 0.385 e. The van der Waals surface area contributed by atoms with Crippen molar-refractivity contribution in [3.05, 3.63) is 35.1 Å². The van der Waals surface area contributed by atoms with Crippen molar-refractivity contribution >= 4 is 0 Å². The summed E-state index contributed by atoms with van der Waals surface area (Å²) >= 11 is 0. The number of nitrogens with one attached hydrogen (secondary N) is 1. The molecule has 0 aliphatic rings. The van der Waals surface area contributed by atoms with Gasteiger partial charge in [-0.25, -0.2) is 4.39 Å².